The third-order valence-corrected chi connectivity index (χ3v) is 3.80. The van der Waals surface area contributed by atoms with E-state index in [0.29, 0.717) is 29.7 Å². The Bertz CT molecular complexity index is 587. The van der Waals surface area contributed by atoms with Crippen LogP contribution in [0.3, 0.4) is 0 Å². The Morgan fingerprint density at radius 2 is 2.15 bits per heavy atom. The predicted octanol–water partition coefficient (Wildman–Crippen LogP) is 2.49. The molecule has 1 fully saturated rings. The predicted molar refractivity (Wildman–Crippen MR) is 74.5 cm³/mol. The first-order valence-electron chi connectivity index (χ1n) is 6.67. The summed E-state index contributed by atoms with van der Waals surface area (Å²) in [6, 6.07) is 7.64. The number of halogens is 1. The molecule has 0 bridgehead atoms. The van der Waals surface area contributed by atoms with Crippen molar-refractivity contribution in [2.45, 2.75) is 31.5 Å². The number of benzene rings is 1. The van der Waals surface area contributed by atoms with Crippen molar-refractivity contribution in [3.63, 3.8) is 0 Å². The summed E-state index contributed by atoms with van der Waals surface area (Å²) in [4.78, 5) is 4.40. The summed E-state index contributed by atoms with van der Waals surface area (Å²) in [6.07, 6.45) is 2.32. The van der Waals surface area contributed by atoms with E-state index in [0.717, 1.165) is 18.4 Å². The monoisotopic (exact) mass is 293 g/mol. The minimum absolute atomic E-state index is 0.0962. The third-order valence-electron chi connectivity index (χ3n) is 3.44. The van der Waals surface area contributed by atoms with Gasteiger partial charge in [-0.3, -0.25) is 0 Å². The zero-order chi connectivity index (χ0) is 13.9. The number of hydrogen-bond donors (Lipinski definition) is 1. The van der Waals surface area contributed by atoms with Gasteiger partial charge in [0, 0.05) is 18.0 Å². The first-order valence-corrected chi connectivity index (χ1v) is 7.05. The molecule has 0 saturated carbocycles. The Balaban J connectivity index is 1.70. The fraction of sp³-hybridized carbons (Fsp3) is 0.429. The molecule has 1 saturated heterocycles. The fourth-order valence-corrected chi connectivity index (χ4v) is 2.55. The summed E-state index contributed by atoms with van der Waals surface area (Å²) in [6.45, 7) is 0.525. The van der Waals surface area contributed by atoms with E-state index < -0.39 is 0 Å². The third kappa shape index (κ3) is 2.85. The Kier molecular flexibility index (Phi) is 4.00. The Labute approximate surface area is 122 Å². The first kappa shape index (κ1) is 13.5. The lowest BCUT2D eigenvalue weighted by molar-refractivity contribution is 0.0307. The van der Waals surface area contributed by atoms with E-state index >= 15 is 0 Å². The van der Waals surface area contributed by atoms with Gasteiger partial charge in [0.1, 0.15) is 6.10 Å². The van der Waals surface area contributed by atoms with Crippen molar-refractivity contribution in [3.05, 3.63) is 46.6 Å². The van der Waals surface area contributed by atoms with Crippen LogP contribution in [0.25, 0.3) is 0 Å². The van der Waals surface area contributed by atoms with E-state index in [9.17, 15) is 0 Å². The van der Waals surface area contributed by atoms with Crippen LogP contribution in [0.15, 0.2) is 28.8 Å². The van der Waals surface area contributed by atoms with E-state index in [1.54, 1.807) is 0 Å². The van der Waals surface area contributed by atoms with Gasteiger partial charge in [-0.25, -0.2) is 0 Å². The van der Waals surface area contributed by atoms with Crippen molar-refractivity contribution in [2.75, 3.05) is 6.54 Å². The highest BCUT2D eigenvalue weighted by molar-refractivity contribution is 6.31. The summed E-state index contributed by atoms with van der Waals surface area (Å²) in [5.74, 6) is 1.15. The quantitative estimate of drug-likeness (QED) is 0.937. The van der Waals surface area contributed by atoms with E-state index in [4.69, 9.17) is 26.6 Å². The summed E-state index contributed by atoms with van der Waals surface area (Å²) >= 11 is 6.12. The van der Waals surface area contributed by atoms with E-state index in [1.165, 1.54) is 0 Å². The largest absolute Gasteiger partial charge is 0.364 e. The molecule has 0 radical (unpaired) electrons. The topological polar surface area (TPSA) is 74.2 Å². The second-order valence-corrected chi connectivity index (χ2v) is 5.28. The highest BCUT2D eigenvalue weighted by Crippen LogP contribution is 2.31. The SMILES string of the molecule is NC[C@@H]1CC[C@H](c2nc(Cc3ccccc3Cl)no2)O1. The summed E-state index contributed by atoms with van der Waals surface area (Å²) in [5, 5.41) is 4.70. The highest BCUT2D eigenvalue weighted by atomic mass is 35.5. The van der Waals surface area contributed by atoms with Crippen LogP contribution in [0.2, 0.25) is 5.02 Å². The lowest BCUT2D eigenvalue weighted by Crippen LogP contribution is -2.18. The molecule has 6 heteroatoms. The zero-order valence-corrected chi connectivity index (χ0v) is 11.7. The molecule has 1 aliphatic rings. The number of rotatable bonds is 4. The van der Waals surface area contributed by atoms with Crippen LogP contribution >= 0.6 is 11.6 Å². The van der Waals surface area contributed by atoms with E-state index in [1.807, 2.05) is 24.3 Å². The van der Waals surface area contributed by atoms with E-state index in [2.05, 4.69) is 10.1 Å². The van der Waals surface area contributed by atoms with Gasteiger partial charge in [-0.15, -0.1) is 0 Å². The van der Waals surface area contributed by atoms with Gasteiger partial charge in [-0.05, 0) is 24.5 Å². The second-order valence-electron chi connectivity index (χ2n) is 4.88. The molecule has 1 aromatic heterocycles. The maximum Gasteiger partial charge on any atom is 0.255 e. The summed E-state index contributed by atoms with van der Waals surface area (Å²) in [5.41, 5.74) is 6.57. The van der Waals surface area contributed by atoms with Crippen LogP contribution < -0.4 is 5.73 Å². The molecule has 0 unspecified atom stereocenters. The van der Waals surface area contributed by atoms with Crippen molar-refractivity contribution < 1.29 is 9.26 Å². The maximum atomic E-state index is 6.12. The van der Waals surface area contributed by atoms with Crippen LogP contribution in [-0.4, -0.2) is 22.8 Å². The van der Waals surface area contributed by atoms with Gasteiger partial charge >= 0.3 is 0 Å². The number of aromatic nitrogens is 2. The number of ether oxygens (including phenoxy) is 1. The molecule has 3 rings (SSSR count). The minimum Gasteiger partial charge on any atom is -0.364 e. The average molecular weight is 294 g/mol. The molecule has 1 aromatic carbocycles. The molecular formula is C14H16ClN3O2. The van der Waals surface area contributed by atoms with Gasteiger partial charge in [0.05, 0.1) is 6.10 Å². The second kappa shape index (κ2) is 5.91. The van der Waals surface area contributed by atoms with Crippen molar-refractivity contribution in [3.8, 4) is 0 Å². The van der Waals surface area contributed by atoms with Gasteiger partial charge < -0.3 is 15.0 Å². The normalized spacial score (nSPS) is 22.3. The number of hydrogen-bond acceptors (Lipinski definition) is 5. The van der Waals surface area contributed by atoms with Gasteiger partial charge in [-0.1, -0.05) is 35.0 Å². The molecule has 2 N–H and O–H groups in total. The van der Waals surface area contributed by atoms with Gasteiger partial charge in [-0.2, -0.15) is 4.98 Å². The van der Waals surface area contributed by atoms with Gasteiger partial charge in [0.2, 0.25) is 0 Å². The minimum atomic E-state index is -0.129. The highest BCUT2D eigenvalue weighted by Gasteiger charge is 2.29. The fourth-order valence-electron chi connectivity index (χ4n) is 2.34. The van der Waals surface area contributed by atoms with Crippen molar-refractivity contribution >= 4 is 11.6 Å². The molecule has 20 heavy (non-hydrogen) atoms. The summed E-state index contributed by atoms with van der Waals surface area (Å²) < 4.78 is 11.0. The van der Waals surface area contributed by atoms with Crippen molar-refractivity contribution in [1.29, 1.82) is 0 Å². The lowest BCUT2D eigenvalue weighted by atomic mass is 10.1. The standard InChI is InChI=1S/C14H16ClN3O2/c15-11-4-2-1-3-9(11)7-13-17-14(20-18-13)12-6-5-10(8-16)19-12/h1-4,10,12H,5-8,16H2/t10-,12+/m0/s1. The Morgan fingerprint density at radius 1 is 1.30 bits per heavy atom. The number of nitrogens with zero attached hydrogens (tertiary/aromatic N) is 2. The van der Waals surface area contributed by atoms with Crippen LogP contribution in [0.5, 0.6) is 0 Å². The maximum absolute atomic E-state index is 6.12. The molecule has 0 aliphatic carbocycles. The molecule has 5 nitrogen and oxygen atoms in total. The Hall–Kier alpha value is -1.43. The van der Waals surface area contributed by atoms with E-state index in [-0.39, 0.29) is 12.2 Å². The van der Waals surface area contributed by atoms with Crippen molar-refractivity contribution in [2.24, 2.45) is 5.73 Å². The van der Waals surface area contributed by atoms with Crippen LogP contribution in [0.1, 0.15) is 36.2 Å². The van der Waals surface area contributed by atoms with Crippen LogP contribution in [0.4, 0.5) is 0 Å². The first-order chi connectivity index (χ1) is 9.76. The van der Waals surface area contributed by atoms with Gasteiger partial charge in [0.25, 0.3) is 5.89 Å². The smallest absolute Gasteiger partial charge is 0.255 e. The molecule has 2 heterocycles. The average Bonchev–Trinajstić information content (AvgIpc) is 3.10. The molecule has 0 amide bonds. The van der Waals surface area contributed by atoms with Gasteiger partial charge in [0.15, 0.2) is 5.82 Å². The number of nitrogens with two attached hydrogens (primary N) is 1. The van der Waals surface area contributed by atoms with Crippen molar-refractivity contribution in [1.82, 2.24) is 10.1 Å². The summed E-state index contributed by atoms with van der Waals surface area (Å²) in [7, 11) is 0. The lowest BCUT2D eigenvalue weighted by Gasteiger charge is -2.07. The molecule has 2 atom stereocenters. The van der Waals surface area contributed by atoms with Crippen LogP contribution in [-0.2, 0) is 11.2 Å². The molecular weight excluding hydrogens is 278 g/mol. The molecule has 2 aromatic rings. The molecule has 0 spiro atoms. The molecule has 1 aliphatic heterocycles. The van der Waals surface area contributed by atoms with Crippen LogP contribution in [0, 0.1) is 0 Å². The molecule has 106 valence electrons. The Morgan fingerprint density at radius 3 is 2.90 bits per heavy atom. The zero-order valence-electron chi connectivity index (χ0n) is 11.0.